The Morgan fingerprint density at radius 1 is 1.38 bits per heavy atom. The summed E-state index contributed by atoms with van der Waals surface area (Å²) in [7, 11) is -3.79. The Morgan fingerprint density at radius 2 is 2.10 bits per heavy atom. The van der Waals surface area contributed by atoms with Gasteiger partial charge < -0.3 is 5.11 Å². The van der Waals surface area contributed by atoms with Crippen molar-refractivity contribution in [2.45, 2.75) is 11.3 Å². The standard InChI is InChI=1S/C11H15ClN2O5S2/c12-10-8-9(14(16)17)2-3-11(10)21(18,19)13-4-7-20-6-1-5-15/h2-3,8,13,15H,1,4-7H2. The van der Waals surface area contributed by atoms with Crippen LogP contribution in [0.1, 0.15) is 6.42 Å². The van der Waals surface area contributed by atoms with Crippen LogP contribution < -0.4 is 4.72 Å². The number of benzene rings is 1. The van der Waals surface area contributed by atoms with E-state index in [1.54, 1.807) is 0 Å². The average Bonchev–Trinajstić information content (AvgIpc) is 2.42. The number of non-ortho nitro benzene ring substituents is 1. The Bertz CT molecular complexity index is 594. The molecule has 1 rings (SSSR count). The molecule has 0 saturated heterocycles. The number of rotatable bonds is 9. The van der Waals surface area contributed by atoms with Gasteiger partial charge in [-0.1, -0.05) is 11.6 Å². The number of nitro benzene ring substituents is 1. The van der Waals surface area contributed by atoms with E-state index in [2.05, 4.69) is 4.72 Å². The second kappa shape index (κ2) is 8.54. The second-order valence-electron chi connectivity index (χ2n) is 3.96. The van der Waals surface area contributed by atoms with Gasteiger partial charge in [0.15, 0.2) is 0 Å². The minimum Gasteiger partial charge on any atom is -0.396 e. The molecule has 0 unspecified atom stereocenters. The number of nitro groups is 1. The van der Waals surface area contributed by atoms with E-state index in [1.807, 2.05) is 0 Å². The first kappa shape index (κ1) is 18.2. The van der Waals surface area contributed by atoms with Gasteiger partial charge in [-0.25, -0.2) is 13.1 Å². The van der Waals surface area contributed by atoms with Gasteiger partial charge in [-0.15, -0.1) is 0 Å². The van der Waals surface area contributed by atoms with Crippen LogP contribution >= 0.6 is 23.4 Å². The van der Waals surface area contributed by atoms with E-state index in [0.29, 0.717) is 12.2 Å². The quantitative estimate of drug-likeness (QED) is 0.396. The molecule has 0 amide bonds. The van der Waals surface area contributed by atoms with Crippen LogP contribution in [-0.4, -0.2) is 43.1 Å². The van der Waals surface area contributed by atoms with E-state index in [0.717, 1.165) is 24.0 Å². The summed E-state index contributed by atoms with van der Waals surface area (Å²) in [5.41, 5.74) is -0.265. The molecule has 0 aliphatic heterocycles. The average molecular weight is 355 g/mol. The van der Waals surface area contributed by atoms with Gasteiger partial charge in [-0.2, -0.15) is 11.8 Å². The molecule has 0 heterocycles. The van der Waals surface area contributed by atoms with Crippen LogP contribution in [-0.2, 0) is 10.0 Å². The van der Waals surface area contributed by atoms with Crippen molar-refractivity contribution < 1.29 is 18.4 Å². The fraction of sp³-hybridized carbons (Fsp3) is 0.455. The van der Waals surface area contributed by atoms with Gasteiger partial charge in [-0.3, -0.25) is 10.1 Å². The lowest BCUT2D eigenvalue weighted by Crippen LogP contribution is -2.26. The summed E-state index contributed by atoms with van der Waals surface area (Å²) < 4.78 is 26.4. The summed E-state index contributed by atoms with van der Waals surface area (Å²) in [6.45, 7) is 0.322. The zero-order valence-corrected chi connectivity index (χ0v) is 13.4. The van der Waals surface area contributed by atoms with Crippen LogP contribution in [0.25, 0.3) is 0 Å². The lowest BCUT2D eigenvalue weighted by Gasteiger charge is -2.08. The number of halogens is 1. The molecule has 10 heteroatoms. The molecule has 0 spiro atoms. The molecule has 7 nitrogen and oxygen atoms in total. The van der Waals surface area contributed by atoms with Gasteiger partial charge in [0.25, 0.3) is 5.69 Å². The first-order chi connectivity index (χ1) is 9.88. The van der Waals surface area contributed by atoms with Crippen molar-refractivity contribution in [3.63, 3.8) is 0 Å². The van der Waals surface area contributed by atoms with E-state index < -0.39 is 14.9 Å². The van der Waals surface area contributed by atoms with Gasteiger partial charge >= 0.3 is 0 Å². The van der Waals surface area contributed by atoms with Crippen molar-refractivity contribution in [3.8, 4) is 0 Å². The van der Waals surface area contributed by atoms with Crippen LogP contribution in [0.4, 0.5) is 5.69 Å². The molecule has 118 valence electrons. The number of nitrogens with zero attached hydrogens (tertiary/aromatic N) is 1. The zero-order chi connectivity index (χ0) is 15.9. The fourth-order valence-electron chi connectivity index (χ4n) is 1.42. The van der Waals surface area contributed by atoms with Gasteiger partial charge in [0.2, 0.25) is 10.0 Å². The fourth-order valence-corrected chi connectivity index (χ4v) is 3.90. The molecular weight excluding hydrogens is 340 g/mol. The van der Waals surface area contributed by atoms with Gasteiger partial charge in [-0.05, 0) is 18.2 Å². The topological polar surface area (TPSA) is 110 Å². The highest BCUT2D eigenvalue weighted by Crippen LogP contribution is 2.25. The summed E-state index contributed by atoms with van der Waals surface area (Å²) in [5.74, 6) is 1.31. The van der Waals surface area contributed by atoms with E-state index in [4.69, 9.17) is 16.7 Å². The molecule has 2 N–H and O–H groups in total. The molecule has 1 aromatic rings. The predicted octanol–water partition coefficient (Wildman–Crippen LogP) is 1.64. The lowest BCUT2D eigenvalue weighted by atomic mass is 10.3. The van der Waals surface area contributed by atoms with Crippen LogP contribution in [0, 0.1) is 10.1 Å². The maximum atomic E-state index is 12.0. The van der Waals surface area contributed by atoms with E-state index in [9.17, 15) is 18.5 Å². The zero-order valence-electron chi connectivity index (χ0n) is 11.0. The number of sulfonamides is 1. The normalized spacial score (nSPS) is 11.5. The highest BCUT2D eigenvalue weighted by atomic mass is 35.5. The third kappa shape index (κ3) is 5.79. The molecule has 0 aliphatic rings. The maximum Gasteiger partial charge on any atom is 0.271 e. The number of aliphatic hydroxyl groups is 1. The van der Waals surface area contributed by atoms with E-state index >= 15 is 0 Å². The van der Waals surface area contributed by atoms with Crippen LogP contribution in [0.5, 0.6) is 0 Å². The molecule has 1 aromatic carbocycles. The summed E-state index contributed by atoms with van der Waals surface area (Å²) >= 11 is 7.30. The lowest BCUT2D eigenvalue weighted by molar-refractivity contribution is -0.384. The van der Waals surface area contributed by atoms with Gasteiger partial charge in [0.1, 0.15) is 4.90 Å². The summed E-state index contributed by atoms with van der Waals surface area (Å²) in [6, 6.07) is 3.21. The van der Waals surface area contributed by atoms with Crippen LogP contribution in [0.15, 0.2) is 23.1 Å². The van der Waals surface area contributed by atoms with Crippen molar-refractivity contribution in [3.05, 3.63) is 33.3 Å². The molecule has 0 radical (unpaired) electrons. The second-order valence-corrected chi connectivity index (χ2v) is 7.33. The van der Waals surface area contributed by atoms with Gasteiger partial charge in [0.05, 0.1) is 9.95 Å². The Balaban J connectivity index is 2.64. The Labute approximate surface area is 131 Å². The Kier molecular flexibility index (Phi) is 7.40. The molecule has 0 aromatic heterocycles. The largest absolute Gasteiger partial charge is 0.396 e. The smallest absolute Gasteiger partial charge is 0.271 e. The highest BCUT2D eigenvalue weighted by Gasteiger charge is 2.19. The van der Waals surface area contributed by atoms with Gasteiger partial charge in [0, 0.05) is 31.0 Å². The third-order valence-corrected chi connectivity index (χ3v) is 5.42. The van der Waals surface area contributed by atoms with Crippen LogP contribution in [0.3, 0.4) is 0 Å². The molecule has 0 atom stereocenters. The SMILES string of the molecule is O=[N+]([O-])c1ccc(S(=O)(=O)NCCSCCCO)c(Cl)c1. The molecule has 21 heavy (non-hydrogen) atoms. The molecule has 0 saturated carbocycles. The first-order valence-electron chi connectivity index (χ1n) is 6.00. The van der Waals surface area contributed by atoms with E-state index in [-0.39, 0.29) is 28.8 Å². The molecule has 0 fully saturated rings. The van der Waals surface area contributed by atoms with Crippen molar-refractivity contribution in [1.29, 1.82) is 0 Å². The predicted molar refractivity (Wildman–Crippen MR) is 82.3 cm³/mol. The molecule has 0 bridgehead atoms. The van der Waals surface area contributed by atoms with Crippen molar-refractivity contribution in [2.75, 3.05) is 24.7 Å². The Morgan fingerprint density at radius 3 is 2.67 bits per heavy atom. The summed E-state index contributed by atoms with van der Waals surface area (Å²) in [5, 5.41) is 19.0. The maximum absolute atomic E-state index is 12.0. The summed E-state index contributed by atoms with van der Waals surface area (Å²) in [6.07, 6.45) is 0.658. The number of hydrogen-bond acceptors (Lipinski definition) is 6. The number of thioether (sulfide) groups is 1. The third-order valence-electron chi connectivity index (χ3n) is 2.40. The Hall–Kier alpha value is -0.870. The number of nitrogens with one attached hydrogen (secondary N) is 1. The number of hydrogen-bond donors (Lipinski definition) is 2. The summed E-state index contributed by atoms with van der Waals surface area (Å²) in [4.78, 5) is 9.74. The van der Waals surface area contributed by atoms with E-state index in [1.165, 1.54) is 11.8 Å². The minimum atomic E-state index is -3.79. The number of aliphatic hydroxyl groups excluding tert-OH is 1. The highest BCUT2D eigenvalue weighted by molar-refractivity contribution is 7.99. The van der Waals surface area contributed by atoms with Crippen molar-refractivity contribution in [2.24, 2.45) is 0 Å². The first-order valence-corrected chi connectivity index (χ1v) is 9.02. The van der Waals surface area contributed by atoms with Crippen LogP contribution in [0.2, 0.25) is 5.02 Å². The molecule has 0 aliphatic carbocycles. The van der Waals surface area contributed by atoms with Crippen molar-refractivity contribution >= 4 is 39.1 Å². The van der Waals surface area contributed by atoms with Crippen molar-refractivity contribution in [1.82, 2.24) is 4.72 Å². The molecular formula is C11H15ClN2O5S2. The monoisotopic (exact) mass is 354 g/mol. The minimum absolute atomic E-state index is 0.108.